The highest BCUT2D eigenvalue weighted by molar-refractivity contribution is 6.53. The molecule has 5 rings (SSSR count). The molecule has 207 valence electrons. The number of alkyl halides is 3. The smallest absolute Gasteiger partial charge is 0.342 e. The number of H-pyrrole nitrogens is 1. The molecule has 0 unspecified atom stereocenters. The van der Waals surface area contributed by atoms with Crippen molar-refractivity contribution >= 4 is 18.8 Å². The van der Waals surface area contributed by atoms with Gasteiger partial charge in [-0.1, -0.05) is 110 Å². The Labute approximate surface area is 239 Å². The van der Waals surface area contributed by atoms with Crippen LogP contribution >= 0.6 is 0 Å². The molecule has 41 heavy (non-hydrogen) atoms. The van der Waals surface area contributed by atoms with Gasteiger partial charge in [-0.3, -0.25) is 0 Å². The Bertz CT molecular complexity index is 1540. The first-order chi connectivity index (χ1) is 19.8. The second kappa shape index (κ2) is 14.3. The predicted molar refractivity (Wildman–Crippen MR) is 160 cm³/mol. The lowest BCUT2D eigenvalue weighted by Gasteiger charge is -2.06. The van der Waals surface area contributed by atoms with Crippen molar-refractivity contribution in [3.8, 4) is 11.3 Å². The van der Waals surface area contributed by atoms with Gasteiger partial charge in [-0.15, -0.1) is 0 Å². The van der Waals surface area contributed by atoms with Gasteiger partial charge in [0.15, 0.2) is 7.28 Å². The Morgan fingerprint density at radius 1 is 0.829 bits per heavy atom. The van der Waals surface area contributed by atoms with Crippen LogP contribution in [0.25, 0.3) is 17.3 Å². The molecular weight excluding hydrogens is 523 g/mol. The van der Waals surface area contributed by atoms with Crippen LogP contribution in [0.3, 0.4) is 0 Å². The van der Waals surface area contributed by atoms with Crippen LogP contribution in [0, 0.1) is 5.82 Å². The fourth-order valence-electron chi connectivity index (χ4n) is 4.25. The maximum atomic E-state index is 13.6. The summed E-state index contributed by atoms with van der Waals surface area (Å²) in [7, 11) is 2.02. The molecule has 7 heteroatoms. The van der Waals surface area contributed by atoms with Gasteiger partial charge in [0.25, 0.3) is 0 Å². The third-order valence-electron chi connectivity index (χ3n) is 6.32. The molecule has 0 atom stereocenters. The van der Waals surface area contributed by atoms with E-state index in [4.69, 9.17) is 0 Å². The number of allylic oxidation sites excluding steroid dienone is 1. The molecule has 0 spiro atoms. The maximum absolute atomic E-state index is 13.6. The van der Waals surface area contributed by atoms with Crippen molar-refractivity contribution in [3.63, 3.8) is 0 Å². The zero-order chi connectivity index (χ0) is 29.1. The molecule has 2 nitrogen and oxygen atoms in total. The van der Waals surface area contributed by atoms with Gasteiger partial charge >= 0.3 is 6.18 Å². The number of aromatic nitrogens is 2. The summed E-state index contributed by atoms with van der Waals surface area (Å²) < 4.78 is 51.2. The molecule has 1 radical (unpaired) electrons. The molecule has 1 N–H and O–H groups in total. The van der Waals surface area contributed by atoms with E-state index in [1.807, 2.05) is 93.2 Å². The standard InChI is InChI=1S/C18H17FN2.C16H13BF3/c1-2-13-8-14(10-16(19)9-13)11-18-20-12-17(21-18)15-6-4-3-5-7-15;18-16(19,20)14-8-4-6-13(12-14)7-5-11-17-15-9-2-1-3-10-15/h3-10,12H,2,11H2,1H3,(H,20,21);1-10,12H,11H2. The van der Waals surface area contributed by atoms with E-state index in [0.717, 1.165) is 52.2 Å². The van der Waals surface area contributed by atoms with Crippen molar-refractivity contribution in [1.29, 1.82) is 0 Å². The van der Waals surface area contributed by atoms with E-state index in [1.54, 1.807) is 24.3 Å². The number of halogens is 4. The fourth-order valence-corrected chi connectivity index (χ4v) is 4.25. The molecule has 1 heterocycles. The Hall–Kier alpha value is -4.39. The molecule has 0 aliphatic carbocycles. The maximum Gasteiger partial charge on any atom is 0.416 e. The van der Waals surface area contributed by atoms with Gasteiger partial charge in [0.2, 0.25) is 0 Å². The van der Waals surface area contributed by atoms with E-state index in [9.17, 15) is 17.6 Å². The topological polar surface area (TPSA) is 28.7 Å². The lowest BCUT2D eigenvalue weighted by molar-refractivity contribution is -0.137. The summed E-state index contributed by atoms with van der Waals surface area (Å²) in [5.74, 6) is 0.667. The average molecular weight is 553 g/mol. The van der Waals surface area contributed by atoms with Gasteiger partial charge in [-0.2, -0.15) is 13.2 Å². The lowest BCUT2D eigenvalue weighted by atomic mass is 9.67. The number of aromatic amines is 1. The highest BCUT2D eigenvalue weighted by atomic mass is 19.4. The first-order valence-electron chi connectivity index (χ1n) is 13.4. The van der Waals surface area contributed by atoms with Crippen molar-refractivity contribution in [3.05, 3.63) is 149 Å². The summed E-state index contributed by atoms with van der Waals surface area (Å²) in [6.07, 6.45) is 3.21. The van der Waals surface area contributed by atoms with Crippen LogP contribution in [0.5, 0.6) is 0 Å². The van der Waals surface area contributed by atoms with Crippen LogP contribution in [0.15, 0.2) is 115 Å². The molecule has 0 aliphatic rings. The van der Waals surface area contributed by atoms with E-state index < -0.39 is 11.7 Å². The molecule has 4 aromatic carbocycles. The minimum atomic E-state index is -4.29. The van der Waals surface area contributed by atoms with Gasteiger partial charge < -0.3 is 4.98 Å². The zero-order valence-corrected chi connectivity index (χ0v) is 22.7. The first-order valence-corrected chi connectivity index (χ1v) is 13.4. The van der Waals surface area contributed by atoms with E-state index in [1.165, 1.54) is 6.07 Å². The summed E-state index contributed by atoms with van der Waals surface area (Å²) in [6.45, 7) is 2.03. The van der Waals surface area contributed by atoms with Crippen molar-refractivity contribution < 1.29 is 17.6 Å². The van der Waals surface area contributed by atoms with Crippen molar-refractivity contribution in [2.45, 2.75) is 32.3 Å². The lowest BCUT2D eigenvalue weighted by Crippen LogP contribution is -2.11. The first kappa shape index (κ1) is 29.6. The quantitative estimate of drug-likeness (QED) is 0.151. The predicted octanol–water partition coefficient (Wildman–Crippen LogP) is 8.54. The van der Waals surface area contributed by atoms with Gasteiger partial charge in [0.1, 0.15) is 11.6 Å². The monoisotopic (exact) mass is 553 g/mol. The molecule has 0 aliphatic heterocycles. The number of hydrogen-bond donors (Lipinski definition) is 1. The zero-order valence-electron chi connectivity index (χ0n) is 22.7. The van der Waals surface area contributed by atoms with Crippen molar-refractivity contribution in [2.24, 2.45) is 0 Å². The number of hydrogen-bond acceptors (Lipinski definition) is 1. The molecule has 0 saturated carbocycles. The molecule has 0 saturated heterocycles. The number of rotatable bonds is 8. The molecular formula is C34H30BF4N2. The van der Waals surface area contributed by atoms with Gasteiger partial charge in [-0.05, 0) is 52.9 Å². The number of nitrogens with one attached hydrogen (secondary N) is 1. The second-order valence-corrected chi connectivity index (χ2v) is 9.48. The number of aryl methyl sites for hydroxylation is 1. The average Bonchev–Trinajstić information content (AvgIpc) is 3.44. The summed E-state index contributed by atoms with van der Waals surface area (Å²) in [6, 6.07) is 30.4. The number of nitrogens with zero attached hydrogens (tertiary/aromatic N) is 1. The minimum absolute atomic E-state index is 0.181. The van der Waals surface area contributed by atoms with Crippen molar-refractivity contribution in [2.75, 3.05) is 0 Å². The van der Waals surface area contributed by atoms with Gasteiger partial charge in [0.05, 0.1) is 17.5 Å². The van der Waals surface area contributed by atoms with E-state index in [0.29, 0.717) is 18.3 Å². The summed E-state index contributed by atoms with van der Waals surface area (Å²) in [5.41, 5.74) is 5.08. The van der Waals surface area contributed by atoms with Crippen LogP contribution in [-0.4, -0.2) is 17.2 Å². The van der Waals surface area contributed by atoms with Gasteiger partial charge in [-0.25, -0.2) is 9.37 Å². The van der Waals surface area contributed by atoms with Crippen LogP contribution < -0.4 is 5.46 Å². The highest BCUT2D eigenvalue weighted by Gasteiger charge is 2.30. The third kappa shape index (κ3) is 9.35. The van der Waals surface area contributed by atoms with E-state index in [2.05, 4.69) is 9.97 Å². The van der Waals surface area contributed by atoms with Crippen LogP contribution in [0.4, 0.5) is 17.6 Å². The van der Waals surface area contributed by atoms with Crippen LogP contribution in [0.1, 0.15) is 35.0 Å². The van der Waals surface area contributed by atoms with Gasteiger partial charge in [0, 0.05) is 6.42 Å². The molecule has 0 bridgehead atoms. The minimum Gasteiger partial charge on any atom is -0.342 e. The Balaban J connectivity index is 0.000000189. The largest absolute Gasteiger partial charge is 0.416 e. The second-order valence-electron chi connectivity index (χ2n) is 9.48. The molecule has 0 amide bonds. The number of imidazole rings is 1. The third-order valence-corrected chi connectivity index (χ3v) is 6.32. The van der Waals surface area contributed by atoms with Crippen LogP contribution in [0.2, 0.25) is 6.32 Å². The Morgan fingerprint density at radius 3 is 2.24 bits per heavy atom. The molecule has 1 aromatic heterocycles. The summed E-state index contributed by atoms with van der Waals surface area (Å²) >= 11 is 0. The highest BCUT2D eigenvalue weighted by Crippen LogP contribution is 2.29. The Morgan fingerprint density at radius 2 is 1.54 bits per heavy atom. The van der Waals surface area contributed by atoms with E-state index >= 15 is 0 Å². The van der Waals surface area contributed by atoms with Crippen LogP contribution in [-0.2, 0) is 19.0 Å². The molecule has 0 fully saturated rings. The summed E-state index contributed by atoms with van der Waals surface area (Å²) in [5, 5.41) is 0. The number of benzene rings is 4. The van der Waals surface area contributed by atoms with E-state index in [-0.39, 0.29) is 5.82 Å². The molecule has 5 aromatic rings. The SMILES string of the molecule is CCc1cc(F)cc(Cc2ncc(-c3ccccc3)[nH]2)c1.FC(F)(F)c1cccc(C=CC[B]c2ccccc2)c1. The summed E-state index contributed by atoms with van der Waals surface area (Å²) in [4.78, 5) is 7.70. The van der Waals surface area contributed by atoms with Crippen molar-refractivity contribution in [1.82, 2.24) is 9.97 Å². The fraction of sp³-hybridized carbons (Fsp3) is 0.147. The Kier molecular flexibility index (Phi) is 10.3. The normalized spacial score (nSPS) is 11.2.